The summed E-state index contributed by atoms with van der Waals surface area (Å²) in [5.41, 5.74) is 6.55. The Labute approximate surface area is 102 Å². The maximum atomic E-state index is 11.1. The van der Waals surface area contributed by atoms with Crippen molar-refractivity contribution < 1.29 is 14.3 Å². The summed E-state index contributed by atoms with van der Waals surface area (Å²) in [6, 6.07) is 5.13. The van der Waals surface area contributed by atoms with Gasteiger partial charge in [-0.3, -0.25) is 4.79 Å². The van der Waals surface area contributed by atoms with Crippen molar-refractivity contribution in [1.29, 1.82) is 0 Å². The summed E-state index contributed by atoms with van der Waals surface area (Å²) in [4.78, 5) is 11.1. The van der Waals surface area contributed by atoms with Crippen molar-refractivity contribution in [3.05, 3.63) is 29.3 Å². The van der Waals surface area contributed by atoms with Crippen molar-refractivity contribution in [2.75, 3.05) is 6.61 Å². The zero-order valence-electron chi connectivity index (χ0n) is 10.5. The van der Waals surface area contributed by atoms with Crippen LogP contribution < -0.4 is 10.5 Å². The Morgan fingerprint density at radius 2 is 2.12 bits per heavy atom. The maximum absolute atomic E-state index is 11.1. The number of hydrogen-bond acceptors (Lipinski definition) is 3. The van der Waals surface area contributed by atoms with E-state index in [2.05, 4.69) is 0 Å². The maximum Gasteiger partial charge on any atom is 0.248 e. The van der Waals surface area contributed by atoms with Crippen molar-refractivity contribution in [2.24, 2.45) is 5.73 Å². The van der Waals surface area contributed by atoms with E-state index in [1.54, 1.807) is 18.2 Å². The van der Waals surface area contributed by atoms with Gasteiger partial charge in [-0.1, -0.05) is 0 Å². The van der Waals surface area contributed by atoms with Crippen LogP contribution in [0.3, 0.4) is 0 Å². The molecule has 0 saturated carbocycles. The van der Waals surface area contributed by atoms with E-state index in [-0.39, 0.29) is 6.10 Å². The summed E-state index contributed by atoms with van der Waals surface area (Å²) in [7, 11) is 0. The van der Waals surface area contributed by atoms with Gasteiger partial charge in [-0.15, -0.1) is 0 Å². The highest BCUT2D eigenvalue weighted by atomic mass is 16.5. The Bertz CT molecular complexity index is 388. The molecule has 0 unspecified atom stereocenters. The van der Waals surface area contributed by atoms with Crippen LogP contribution in [-0.4, -0.2) is 18.6 Å². The number of primary amides is 1. The lowest BCUT2D eigenvalue weighted by Gasteiger charge is -2.13. The third kappa shape index (κ3) is 4.07. The summed E-state index contributed by atoms with van der Waals surface area (Å²) in [5.74, 6) is 0.289. The third-order valence-corrected chi connectivity index (χ3v) is 2.22. The monoisotopic (exact) mass is 237 g/mol. The molecule has 94 valence electrons. The quantitative estimate of drug-likeness (QED) is 0.824. The van der Waals surface area contributed by atoms with Gasteiger partial charge in [0, 0.05) is 11.1 Å². The zero-order valence-corrected chi connectivity index (χ0v) is 10.5. The van der Waals surface area contributed by atoms with Gasteiger partial charge in [-0.2, -0.15) is 0 Å². The first-order chi connectivity index (χ1) is 8.04. The van der Waals surface area contributed by atoms with Crippen LogP contribution >= 0.6 is 0 Å². The van der Waals surface area contributed by atoms with Crippen LogP contribution in [0.25, 0.3) is 0 Å². The van der Waals surface area contributed by atoms with E-state index in [4.69, 9.17) is 15.2 Å². The van der Waals surface area contributed by atoms with Gasteiger partial charge in [-0.05, 0) is 39.0 Å². The zero-order chi connectivity index (χ0) is 12.8. The minimum Gasteiger partial charge on any atom is -0.494 e. The molecule has 0 radical (unpaired) electrons. The fourth-order valence-electron chi connectivity index (χ4n) is 1.40. The minimum atomic E-state index is -0.446. The lowest BCUT2D eigenvalue weighted by molar-refractivity contribution is 0.0641. The number of nitrogens with two attached hydrogens (primary N) is 1. The predicted octanol–water partition coefficient (Wildman–Crippen LogP) is 2.11. The van der Waals surface area contributed by atoms with Crippen LogP contribution in [0.15, 0.2) is 18.2 Å². The summed E-state index contributed by atoms with van der Waals surface area (Å²) < 4.78 is 11.0. The standard InChI is InChI=1S/C13H19NO3/c1-4-16-12-6-5-10(13(14)15)7-11(12)8-17-9(2)3/h5-7,9H,4,8H2,1-3H3,(H2,14,15). The second-order valence-electron chi connectivity index (χ2n) is 3.98. The van der Waals surface area contributed by atoms with Crippen molar-refractivity contribution in [3.8, 4) is 5.75 Å². The normalized spacial score (nSPS) is 10.6. The highest BCUT2D eigenvalue weighted by molar-refractivity contribution is 5.93. The second-order valence-corrected chi connectivity index (χ2v) is 3.98. The average molecular weight is 237 g/mol. The van der Waals surface area contributed by atoms with E-state index in [1.165, 1.54) is 0 Å². The summed E-state index contributed by atoms with van der Waals surface area (Å²) in [5, 5.41) is 0. The Morgan fingerprint density at radius 1 is 1.41 bits per heavy atom. The Balaban J connectivity index is 2.93. The largest absolute Gasteiger partial charge is 0.494 e. The Morgan fingerprint density at radius 3 is 2.65 bits per heavy atom. The number of rotatable bonds is 6. The molecule has 17 heavy (non-hydrogen) atoms. The van der Waals surface area contributed by atoms with Gasteiger partial charge in [0.1, 0.15) is 5.75 Å². The molecule has 0 fully saturated rings. The van der Waals surface area contributed by atoms with E-state index >= 15 is 0 Å². The van der Waals surface area contributed by atoms with E-state index in [9.17, 15) is 4.79 Å². The average Bonchev–Trinajstić information content (AvgIpc) is 2.27. The van der Waals surface area contributed by atoms with Gasteiger partial charge in [0.15, 0.2) is 0 Å². The van der Waals surface area contributed by atoms with Gasteiger partial charge in [0.25, 0.3) is 0 Å². The van der Waals surface area contributed by atoms with E-state index in [1.807, 2.05) is 20.8 Å². The van der Waals surface area contributed by atoms with Crippen LogP contribution in [0.5, 0.6) is 5.75 Å². The topological polar surface area (TPSA) is 61.5 Å². The SMILES string of the molecule is CCOc1ccc(C(N)=O)cc1COC(C)C. The molecule has 2 N–H and O–H groups in total. The molecule has 0 aliphatic rings. The molecule has 1 aromatic carbocycles. The minimum absolute atomic E-state index is 0.127. The highest BCUT2D eigenvalue weighted by Crippen LogP contribution is 2.21. The predicted molar refractivity (Wildman–Crippen MR) is 66.1 cm³/mol. The summed E-state index contributed by atoms with van der Waals surface area (Å²) in [6.45, 7) is 6.81. The molecule has 4 heteroatoms. The molecular weight excluding hydrogens is 218 g/mol. The van der Waals surface area contributed by atoms with E-state index in [0.29, 0.717) is 18.8 Å². The number of carbonyl (C=O) groups is 1. The first-order valence-electron chi connectivity index (χ1n) is 5.71. The molecule has 1 rings (SSSR count). The van der Waals surface area contributed by atoms with Gasteiger partial charge in [0.05, 0.1) is 19.3 Å². The van der Waals surface area contributed by atoms with Crippen molar-refractivity contribution in [1.82, 2.24) is 0 Å². The van der Waals surface area contributed by atoms with Gasteiger partial charge >= 0.3 is 0 Å². The van der Waals surface area contributed by atoms with Gasteiger partial charge < -0.3 is 15.2 Å². The summed E-state index contributed by atoms with van der Waals surface area (Å²) >= 11 is 0. The van der Waals surface area contributed by atoms with Crippen molar-refractivity contribution in [2.45, 2.75) is 33.5 Å². The number of amides is 1. The lowest BCUT2D eigenvalue weighted by Crippen LogP contribution is -2.12. The first kappa shape index (κ1) is 13.5. The van der Waals surface area contributed by atoms with E-state index in [0.717, 1.165) is 11.3 Å². The second kappa shape index (κ2) is 6.25. The molecule has 1 amide bonds. The molecule has 1 aromatic rings. The molecule has 0 heterocycles. The molecule has 4 nitrogen and oxygen atoms in total. The molecule has 0 aromatic heterocycles. The van der Waals surface area contributed by atoms with Crippen LogP contribution in [-0.2, 0) is 11.3 Å². The van der Waals surface area contributed by atoms with Crippen LogP contribution in [0.2, 0.25) is 0 Å². The van der Waals surface area contributed by atoms with Crippen LogP contribution in [0, 0.1) is 0 Å². The van der Waals surface area contributed by atoms with Crippen molar-refractivity contribution >= 4 is 5.91 Å². The molecular formula is C13H19NO3. The molecule has 0 spiro atoms. The first-order valence-corrected chi connectivity index (χ1v) is 5.71. The Hall–Kier alpha value is -1.55. The fourth-order valence-corrected chi connectivity index (χ4v) is 1.40. The van der Waals surface area contributed by atoms with Gasteiger partial charge in [-0.25, -0.2) is 0 Å². The number of carbonyl (C=O) groups excluding carboxylic acids is 1. The smallest absolute Gasteiger partial charge is 0.248 e. The van der Waals surface area contributed by atoms with Gasteiger partial charge in [0.2, 0.25) is 5.91 Å². The molecule has 0 aliphatic heterocycles. The molecule has 0 atom stereocenters. The van der Waals surface area contributed by atoms with E-state index < -0.39 is 5.91 Å². The number of benzene rings is 1. The molecule has 0 bridgehead atoms. The number of hydrogen-bond donors (Lipinski definition) is 1. The van der Waals surface area contributed by atoms with Crippen LogP contribution in [0.4, 0.5) is 0 Å². The molecule has 0 aliphatic carbocycles. The lowest BCUT2D eigenvalue weighted by atomic mass is 10.1. The van der Waals surface area contributed by atoms with Crippen molar-refractivity contribution in [3.63, 3.8) is 0 Å². The Kier molecular flexibility index (Phi) is 4.97. The summed E-state index contributed by atoms with van der Waals surface area (Å²) in [6.07, 6.45) is 0.127. The fraction of sp³-hybridized carbons (Fsp3) is 0.462. The number of ether oxygens (including phenoxy) is 2. The third-order valence-electron chi connectivity index (χ3n) is 2.22. The molecule has 0 saturated heterocycles. The van der Waals surface area contributed by atoms with Crippen LogP contribution in [0.1, 0.15) is 36.7 Å². The highest BCUT2D eigenvalue weighted by Gasteiger charge is 2.09.